The summed E-state index contributed by atoms with van der Waals surface area (Å²) < 4.78 is 27.5. The van der Waals surface area contributed by atoms with Crippen molar-refractivity contribution in [2.45, 2.75) is 69.7 Å². The van der Waals surface area contributed by atoms with Crippen LogP contribution >= 0.6 is 11.8 Å². The van der Waals surface area contributed by atoms with Gasteiger partial charge in [-0.25, -0.2) is 23.5 Å². The van der Waals surface area contributed by atoms with E-state index in [1.807, 2.05) is 18.7 Å². The van der Waals surface area contributed by atoms with Gasteiger partial charge in [-0.05, 0) is 52.3 Å². The van der Waals surface area contributed by atoms with Crippen LogP contribution in [0.2, 0.25) is 0 Å². The van der Waals surface area contributed by atoms with Crippen LogP contribution in [0.3, 0.4) is 0 Å². The number of amides is 2. The lowest BCUT2D eigenvalue weighted by molar-refractivity contribution is -0.139. The largest absolute Gasteiger partial charge is 0.465 e. The number of thioether (sulfide) groups is 1. The third-order valence-electron chi connectivity index (χ3n) is 6.97. The van der Waals surface area contributed by atoms with Crippen molar-refractivity contribution in [1.29, 1.82) is 0 Å². The fraction of sp³-hybridized carbons (Fsp3) is 0.538. The zero-order valence-electron chi connectivity index (χ0n) is 21.7. The Bertz CT molecular complexity index is 1190. The van der Waals surface area contributed by atoms with Gasteiger partial charge in [-0.1, -0.05) is 6.07 Å². The highest BCUT2D eigenvalue weighted by Gasteiger charge is 2.41. The Morgan fingerprint density at radius 1 is 1.19 bits per heavy atom. The van der Waals surface area contributed by atoms with E-state index in [0.717, 1.165) is 39.9 Å². The third-order valence-corrected chi connectivity index (χ3v) is 8.15. The van der Waals surface area contributed by atoms with Crippen molar-refractivity contribution in [2.75, 3.05) is 24.5 Å². The molecule has 8 nitrogen and oxygen atoms in total. The van der Waals surface area contributed by atoms with E-state index in [4.69, 9.17) is 0 Å². The molecule has 3 atom stereocenters. The van der Waals surface area contributed by atoms with E-state index in [1.54, 1.807) is 32.0 Å². The molecule has 0 saturated carbocycles. The molecule has 4 rings (SSSR count). The number of halogens is 2. The highest BCUT2D eigenvalue weighted by molar-refractivity contribution is 7.99. The molecule has 1 aromatic carbocycles. The smallest absolute Gasteiger partial charge is 0.408 e. The van der Waals surface area contributed by atoms with Crippen LogP contribution in [0.15, 0.2) is 24.5 Å². The second-order valence-corrected chi connectivity index (χ2v) is 12.0. The van der Waals surface area contributed by atoms with E-state index in [9.17, 15) is 23.5 Å². The van der Waals surface area contributed by atoms with Gasteiger partial charge in [-0.3, -0.25) is 9.69 Å². The summed E-state index contributed by atoms with van der Waals surface area (Å²) in [7, 11) is 0. The fourth-order valence-corrected chi connectivity index (χ4v) is 6.26. The van der Waals surface area contributed by atoms with Gasteiger partial charge in [0.15, 0.2) is 11.6 Å². The molecule has 0 spiro atoms. The molecule has 2 aromatic rings. The highest BCUT2D eigenvalue weighted by atomic mass is 32.2. The van der Waals surface area contributed by atoms with Crippen LogP contribution in [0.25, 0.3) is 0 Å². The highest BCUT2D eigenvalue weighted by Crippen LogP contribution is 2.44. The molecule has 3 heterocycles. The number of hydrogen-bond acceptors (Lipinski definition) is 6. The van der Waals surface area contributed by atoms with Crippen molar-refractivity contribution >= 4 is 29.6 Å². The molecule has 2 aliphatic rings. The van der Waals surface area contributed by atoms with E-state index in [-0.39, 0.29) is 23.6 Å². The molecule has 11 heteroatoms. The summed E-state index contributed by atoms with van der Waals surface area (Å²) in [4.78, 5) is 40.2. The lowest BCUT2D eigenvalue weighted by Gasteiger charge is -2.45. The fourth-order valence-electron chi connectivity index (χ4n) is 5.22. The van der Waals surface area contributed by atoms with Gasteiger partial charge in [0.1, 0.15) is 18.2 Å². The minimum absolute atomic E-state index is 0.0636. The van der Waals surface area contributed by atoms with Crippen LogP contribution in [0.1, 0.15) is 56.7 Å². The molecule has 1 saturated heterocycles. The van der Waals surface area contributed by atoms with Gasteiger partial charge in [0.05, 0.1) is 5.69 Å². The number of anilines is 1. The van der Waals surface area contributed by atoms with Crippen LogP contribution < -0.4 is 4.90 Å². The number of piperazine rings is 1. The molecular weight excluding hydrogens is 500 g/mol. The van der Waals surface area contributed by atoms with E-state index in [0.29, 0.717) is 25.2 Å². The molecular formula is C26H33F2N5O3S. The van der Waals surface area contributed by atoms with Gasteiger partial charge in [-0.15, -0.1) is 11.8 Å². The van der Waals surface area contributed by atoms with Gasteiger partial charge in [0.25, 0.3) is 0 Å². The molecule has 0 radical (unpaired) electrons. The number of fused-ring (bicyclic) bond motifs is 1. The molecule has 37 heavy (non-hydrogen) atoms. The Morgan fingerprint density at radius 2 is 1.92 bits per heavy atom. The normalized spacial score (nSPS) is 20.5. The Hall–Kier alpha value is -2.95. The molecule has 0 aliphatic carbocycles. The monoisotopic (exact) mass is 533 g/mol. The van der Waals surface area contributed by atoms with Crippen LogP contribution in [0, 0.1) is 11.6 Å². The first-order valence-electron chi connectivity index (χ1n) is 12.4. The summed E-state index contributed by atoms with van der Waals surface area (Å²) >= 11 is 1.82. The van der Waals surface area contributed by atoms with Crippen molar-refractivity contribution in [3.05, 3.63) is 53.0 Å². The lowest BCUT2D eigenvalue weighted by atomic mass is 9.96. The quantitative estimate of drug-likeness (QED) is 0.606. The SMILES string of the molecule is C[C@@H]1SCc2ncnc(N3CCN(C(=O)[C@@H](Cc4ccc(F)c(F)c4)N(C(=O)O)C(C)(C)C)C[C@@H]3C)c21. The molecule has 2 amide bonds. The van der Waals surface area contributed by atoms with Gasteiger partial charge in [0, 0.05) is 54.2 Å². The van der Waals surface area contributed by atoms with Gasteiger partial charge in [-0.2, -0.15) is 0 Å². The molecule has 200 valence electrons. The Kier molecular flexibility index (Phi) is 7.64. The van der Waals surface area contributed by atoms with Crippen LogP contribution in [-0.2, 0) is 17.0 Å². The van der Waals surface area contributed by atoms with E-state index in [2.05, 4.69) is 21.8 Å². The zero-order chi connectivity index (χ0) is 27.1. The van der Waals surface area contributed by atoms with E-state index in [1.165, 1.54) is 6.07 Å². The van der Waals surface area contributed by atoms with Crippen LogP contribution in [0.5, 0.6) is 0 Å². The summed E-state index contributed by atoms with van der Waals surface area (Å²) in [5.41, 5.74) is 1.64. The summed E-state index contributed by atoms with van der Waals surface area (Å²) in [5.74, 6) is -0.644. The number of hydrogen-bond donors (Lipinski definition) is 1. The standard InChI is InChI=1S/C26H33F2N5O3S/c1-15-12-31(8-9-32(15)23-22-16(2)37-13-20(22)29-14-30-23)24(34)21(33(25(35)36)26(3,4)5)11-17-6-7-18(27)19(28)10-17/h6-7,10,14-16,21H,8-9,11-13H2,1-5H3,(H,35,36)/t15-,16-,21+/m0/s1. The predicted octanol–water partition coefficient (Wildman–Crippen LogP) is 4.49. The van der Waals surface area contributed by atoms with Gasteiger partial charge < -0.3 is 14.9 Å². The average Bonchev–Trinajstić information content (AvgIpc) is 3.20. The second-order valence-electron chi connectivity index (χ2n) is 10.6. The maximum Gasteiger partial charge on any atom is 0.408 e. The molecule has 2 aliphatic heterocycles. The predicted molar refractivity (Wildman–Crippen MR) is 139 cm³/mol. The zero-order valence-corrected chi connectivity index (χ0v) is 22.6. The maximum absolute atomic E-state index is 13.9. The number of aromatic nitrogens is 2. The minimum Gasteiger partial charge on any atom is -0.465 e. The summed E-state index contributed by atoms with van der Waals surface area (Å²) in [6.07, 6.45) is 0.272. The van der Waals surface area contributed by atoms with Crippen molar-refractivity contribution in [1.82, 2.24) is 19.8 Å². The van der Waals surface area contributed by atoms with Crippen LogP contribution in [0.4, 0.5) is 19.4 Å². The van der Waals surface area contributed by atoms with Gasteiger partial charge in [0.2, 0.25) is 5.91 Å². The first-order chi connectivity index (χ1) is 17.4. The molecule has 1 fully saturated rings. The third kappa shape index (κ3) is 5.51. The average molecular weight is 534 g/mol. The first-order valence-corrected chi connectivity index (χ1v) is 13.4. The summed E-state index contributed by atoms with van der Waals surface area (Å²) in [5, 5.41) is 10.3. The summed E-state index contributed by atoms with van der Waals surface area (Å²) in [6.45, 7) is 10.6. The topological polar surface area (TPSA) is 89.9 Å². The second kappa shape index (κ2) is 10.4. The maximum atomic E-state index is 13.9. The minimum atomic E-state index is -1.25. The molecule has 1 N–H and O–H groups in total. The number of carbonyl (C=O) groups excluding carboxylic acids is 1. The Balaban J connectivity index is 1.59. The number of carboxylic acid groups (broad SMARTS) is 1. The number of carbonyl (C=O) groups is 2. The van der Waals surface area contributed by atoms with Crippen molar-refractivity contribution in [3.63, 3.8) is 0 Å². The van der Waals surface area contributed by atoms with Crippen molar-refractivity contribution in [2.24, 2.45) is 0 Å². The van der Waals surface area contributed by atoms with Crippen molar-refractivity contribution in [3.8, 4) is 0 Å². The van der Waals surface area contributed by atoms with Crippen molar-refractivity contribution < 1.29 is 23.5 Å². The summed E-state index contributed by atoms with van der Waals surface area (Å²) in [6, 6.07) is 2.24. The molecule has 1 aromatic heterocycles. The number of nitrogens with zero attached hydrogens (tertiary/aromatic N) is 5. The number of benzene rings is 1. The molecule has 0 unspecified atom stereocenters. The molecule has 0 bridgehead atoms. The number of rotatable bonds is 5. The van der Waals surface area contributed by atoms with Crippen LogP contribution in [-0.4, -0.2) is 74.1 Å². The van der Waals surface area contributed by atoms with Gasteiger partial charge >= 0.3 is 6.09 Å². The van der Waals surface area contributed by atoms with E-state index < -0.39 is 29.3 Å². The first kappa shape index (κ1) is 27.1. The lowest BCUT2D eigenvalue weighted by Crippen LogP contribution is -2.62. The Labute approximate surface area is 220 Å². The Morgan fingerprint density at radius 3 is 2.54 bits per heavy atom. The van der Waals surface area contributed by atoms with E-state index >= 15 is 0 Å².